The van der Waals surface area contributed by atoms with Crippen molar-refractivity contribution in [1.29, 1.82) is 0 Å². The van der Waals surface area contributed by atoms with Gasteiger partial charge in [0.1, 0.15) is 17.4 Å². The van der Waals surface area contributed by atoms with Gasteiger partial charge in [-0.15, -0.1) is 11.3 Å². The molecule has 2 aromatic carbocycles. The van der Waals surface area contributed by atoms with E-state index in [-0.39, 0.29) is 12.3 Å². The molecule has 1 aromatic heterocycles. The number of hydrogen-bond acceptors (Lipinski definition) is 7. The van der Waals surface area contributed by atoms with Crippen molar-refractivity contribution < 1.29 is 19.2 Å². The van der Waals surface area contributed by atoms with Crippen molar-refractivity contribution in [3.63, 3.8) is 0 Å². The number of esters is 1. The van der Waals surface area contributed by atoms with Crippen molar-refractivity contribution in [1.82, 2.24) is 4.98 Å². The molecule has 0 bridgehead atoms. The Labute approximate surface area is 165 Å². The third kappa shape index (κ3) is 5.01. The van der Waals surface area contributed by atoms with Crippen LogP contribution in [0.3, 0.4) is 0 Å². The van der Waals surface area contributed by atoms with E-state index in [9.17, 15) is 14.9 Å². The number of methoxy groups -OCH3 is 1. The first-order valence-corrected chi connectivity index (χ1v) is 9.11. The van der Waals surface area contributed by atoms with E-state index in [0.717, 1.165) is 16.3 Å². The molecular formula is C20H16N2O5S. The summed E-state index contributed by atoms with van der Waals surface area (Å²) in [4.78, 5) is 26.5. The van der Waals surface area contributed by atoms with E-state index in [1.807, 2.05) is 29.6 Å². The van der Waals surface area contributed by atoms with Crippen LogP contribution in [0.5, 0.6) is 5.75 Å². The fraction of sp³-hybridized carbons (Fsp3) is 0.100. The number of non-ortho nitro benzene ring substituents is 1. The molecule has 0 aliphatic carbocycles. The smallest absolute Gasteiger partial charge is 0.331 e. The van der Waals surface area contributed by atoms with Crippen LogP contribution < -0.4 is 4.74 Å². The molecule has 3 aromatic rings. The molecule has 1 heterocycles. The van der Waals surface area contributed by atoms with Crippen molar-refractivity contribution in [2.45, 2.75) is 6.61 Å². The molecular weight excluding hydrogens is 380 g/mol. The fourth-order valence-electron chi connectivity index (χ4n) is 2.33. The number of carbonyl (C=O) groups excluding carboxylic acids is 1. The summed E-state index contributed by atoms with van der Waals surface area (Å²) in [6.07, 6.45) is 2.81. The van der Waals surface area contributed by atoms with Crippen LogP contribution in [-0.4, -0.2) is 23.0 Å². The van der Waals surface area contributed by atoms with E-state index in [2.05, 4.69) is 4.98 Å². The van der Waals surface area contributed by atoms with Crippen LogP contribution in [0.2, 0.25) is 0 Å². The molecule has 0 unspecified atom stereocenters. The topological polar surface area (TPSA) is 91.6 Å². The minimum Gasteiger partial charge on any atom is -0.497 e. The van der Waals surface area contributed by atoms with Crippen LogP contribution in [-0.2, 0) is 16.1 Å². The number of carbonyl (C=O) groups is 1. The maximum atomic E-state index is 11.9. The molecule has 0 aliphatic heterocycles. The first kappa shape index (κ1) is 19.2. The standard InChI is InChI=1S/C20H16N2O5S/c1-26-18-4-2-3-15(11-18)20-21-16(13-28-20)12-27-19(23)10-7-14-5-8-17(9-6-14)22(24)25/h2-11,13H,12H2,1H3/b10-7+. The predicted molar refractivity (Wildman–Crippen MR) is 106 cm³/mol. The molecule has 0 fully saturated rings. The Kier molecular flexibility index (Phi) is 6.13. The Morgan fingerprint density at radius 2 is 2.04 bits per heavy atom. The lowest BCUT2D eigenvalue weighted by molar-refractivity contribution is -0.384. The Morgan fingerprint density at radius 1 is 1.25 bits per heavy atom. The van der Waals surface area contributed by atoms with E-state index < -0.39 is 10.9 Å². The van der Waals surface area contributed by atoms with Crippen LogP contribution in [0, 0.1) is 10.1 Å². The molecule has 0 spiro atoms. The molecule has 0 amide bonds. The number of benzene rings is 2. The number of nitrogens with zero attached hydrogens (tertiary/aromatic N) is 2. The zero-order chi connectivity index (χ0) is 19.9. The third-order valence-electron chi connectivity index (χ3n) is 3.75. The van der Waals surface area contributed by atoms with Crippen LogP contribution in [0.4, 0.5) is 5.69 Å². The quantitative estimate of drug-likeness (QED) is 0.253. The van der Waals surface area contributed by atoms with Gasteiger partial charge in [0.15, 0.2) is 0 Å². The fourth-order valence-corrected chi connectivity index (χ4v) is 3.13. The number of rotatable bonds is 7. The number of ether oxygens (including phenoxy) is 2. The van der Waals surface area contributed by atoms with E-state index >= 15 is 0 Å². The van der Waals surface area contributed by atoms with Crippen LogP contribution >= 0.6 is 11.3 Å². The summed E-state index contributed by atoms with van der Waals surface area (Å²) in [6, 6.07) is 13.4. The normalized spacial score (nSPS) is 10.8. The van der Waals surface area contributed by atoms with Crippen molar-refractivity contribution in [2.24, 2.45) is 0 Å². The van der Waals surface area contributed by atoms with Gasteiger partial charge in [0.2, 0.25) is 0 Å². The van der Waals surface area contributed by atoms with Gasteiger partial charge in [-0.2, -0.15) is 0 Å². The summed E-state index contributed by atoms with van der Waals surface area (Å²) in [6.45, 7) is 0.0594. The maximum absolute atomic E-state index is 11.9. The second-order valence-electron chi connectivity index (χ2n) is 5.67. The molecule has 0 atom stereocenters. The zero-order valence-corrected chi connectivity index (χ0v) is 15.7. The number of aromatic nitrogens is 1. The van der Waals surface area contributed by atoms with Gasteiger partial charge in [0, 0.05) is 29.2 Å². The van der Waals surface area contributed by atoms with Gasteiger partial charge in [0.25, 0.3) is 5.69 Å². The average Bonchev–Trinajstić information content (AvgIpc) is 3.20. The number of nitro benzene ring substituents is 1. The van der Waals surface area contributed by atoms with E-state index in [4.69, 9.17) is 9.47 Å². The summed E-state index contributed by atoms with van der Waals surface area (Å²) >= 11 is 1.46. The summed E-state index contributed by atoms with van der Waals surface area (Å²) < 4.78 is 10.4. The summed E-state index contributed by atoms with van der Waals surface area (Å²) in [5, 5.41) is 13.3. The SMILES string of the molecule is COc1cccc(-c2nc(COC(=O)/C=C/c3ccc([N+](=O)[O-])cc3)cs2)c1. The van der Waals surface area contributed by atoms with Crippen molar-refractivity contribution in [3.8, 4) is 16.3 Å². The van der Waals surface area contributed by atoms with E-state index in [1.54, 1.807) is 19.2 Å². The van der Waals surface area contributed by atoms with Gasteiger partial charge in [-0.3, -0.25) is 10.1 Å². The summed E-state index contributed by atoms with van der Waals surface area (Å²) in [7, 11) is 1.61. The van der Waals surface area contributed by atoms with Gasteiger partial charge < -0.3 is 9.47 Å². The summed E-state index contributed by atoms with van der Waals surface area (Å²) in [5.74, 6) is 0.228. The van der Waals surface area contributed by atoms with E-state index in [0.29, 0.717) is 11.3 Å². The van der Waals surface area contributed by atoms with Crippen LogP contribution in [0.25, 0.3) is 16.6 Å². The van der Waals surface area contributed by atoms with Gasteiger partial charge in [-0.25, -0.2) is 9.78 Å². The molecule has 28 heavy (non-hydrogen) atoms. The molecule has 0 saturated heterocycles. The number of hydrogen-bond donors (Lipinski definition) is 0. The highest BCUT2D eigenvalue weighted by Crippen LogP contribution is 2.27. The van der Waals surface area contributed by atoms with Crippen LogP contribution in [0.15, 0.2) is 60.0 Å². The zero-order valence-electron chi connectivity index (χ0n) is 14.9. The Hall–Kier alpha value is -3.52. The first-order valence-electron chi connectivity index (χ1n) is 8.23. The molecule has 7 nitrogen and oxygen atoms in total. The monoisotopic (exact) mass is 396 g/mol. The molecule has 3 rings (SSSR count). The highest BCUT2D eigenvalue weighted by molar-refractivity contribution is 7.13. The Balaban J connectivity index is 1.56. The largest absolute Gasteiger partial charge is 0.497 e. The second kappa shape index (κ2) is 8.92. The Bertz CT molecular complexity index is 1010. The highest BCUT2D eigenvalue weighted by Gasteiger charge is 2.08. The molecule has 0 aliphatic rings. The van der Waals surface area contributed by atoms with Gasteiger partial charge >= 0.3 is 5.97 Å². The number of thiazole rings is 1. The summed E-state index contributed by atoms with van der Waals surface area (Å²) in [5.41, 5.74) is 2.24. The second-order valence-corrected chi connectivity index (χ2v) is 6.52. The minimum atomic E-state index is -0.519. The molecule has 0 N–H and O–H groups in total. The first-order chi connectivity index (χ1) is 13.5. The average molecular weight is 396 g/mol. The third-order valence-corrected chi connectivity index (χ3v) is 4.69. The maximum Gasteiger partial charge on any atom is 0.331 e. The van der Waals surface area contributed by atoms with Crippen molar-refractivity contribution >= 4 is 29.1 Å². The number of nitro groups is 1. The predicted octanol–water partition coefficient (Wildman–Crippen LogP) is 4.48. The van der Waals surface area contributed by atoms with Crippen molar-refractivity contribution in [3.05, 3.63) is 81.4 Å². The van der Waals surface area contributed by atoms with Gasteiger partial charge in [-0.05, 0) is 35.9 Å². The highest BCUT2D eigenvalue weighted by atomic mass is 32.1. The van der Waals surface area contributed by atoms with Gasteiger partial charge in [-0.1, -0.05) is 12.1 Å². The molecule has 0 saturated carbocycles. The molecule has 142 valence electrons. The van der Waals surface area contributed by atoms with E-state index in [1.165, 1.54) is 35.6 Å². The lowest BCUT2D eigenvalue weighted by Gasteiger charge is -2.01. The minimum absolute atomic E-state index is 0.00454. The lowest BCUT2D eigenvalue weighted by Crippen LogP contribution is -2.01. The van der Waals surface area contributed by atoms with Crippen LogP contribution in [0.1, 0.15) is 11.3 Å². The molecule has 8 heteroatoms. The van der Waals surface area contributed by atoms with Crippen molar-refractivity contribution in [2.75, 3.05) is 7.11 Å². The Morgan fingerprint density at radius 3 is 2.75 bits per heavy atom. The molecule has 0 radical (unpaired) electrons. The lowest BCUT2D eigenvalue weighted by atomic mass is 10.2. The van der Waals surface area contributed by atoms with Gasteiger partial charge in [0.05, 0.1) is 17.7 Å².